The summed E-state index contributed by atoms with van der Waals surface area (Å²) in [5, 5.41) is 3.11. The maximum Gasteiger partial charge on any atom is 0.260 e. The van der Waals surface area contributed by atoms with Crippen LogP contribution < -0.4 is 5.32 Å². The van der Waals surface area contributed by atoms with Gasteiger partial charge in [-0.25, -0.2) is 13.4 Å². The molecule has 0 aromatic carbocycles. The van der Waals surface area contributed by atoms with Gasteiger partial charge in [-0.3, -0.25) is 0 Å². The van der Waals surface area contributed by atoms with Crippen LogP contribution in [-0.2, 0) is 21.3 Å². The zero-order valence-corrected chi connectivity index (χ0v) is 12.7. The number of hydrogen-bond acceptors (Lipinski definition) is 5. The summed E-state index contributed by atoms with van der Waals surface area (Å²) < 4.78 is 31.8. The lowest BCUT2D eigenvalue weighted by Gasteiger charge is -2.30. The van der Waals surface area contributed by atoms with Crippen molar-refractivity contribution in [1.29, 1.82) is 0 Å². The van der Waals surface area contributed by atoms with E-state index in [0.717, 1.165) is 18.4 Å². The molecule has 0 spiro atoms. The molecule has 0 radical (unpaired) electrons. The quantitative estimate of drug-likeness (QED) is 0.862. The van der Waals surface area contributed by atoms with E-state index < -0.39 is 10.0 Å². The van der Waals surface area contributed by atoms with Gasteiger partial charge in [0, 0.05) is 32.9 Å². The van der Waals surface area contributed by atoms with Crippen LogP contribution in [0.15, 0.2) is 23.4 Å². The Kier molecular flexibility index (Phi) is 5.09. The highest BCUT2D eigenvalue weighted by Gasteiger charge is 2.31. The molecule has 6 nitrogen and oxygen atoms in total. The van der Waals surface area contributed by atoms with E-state index in [-0.39, 0.29) is 11.1 Å². The van der Waals surface area contributed by atoms with Gasteiger partial charge in [-0.2, -0.15) is 4.31 Å². The molecule has 1 unspecified atom stereocenters. The summed E-state index contributed by atoms with van der Waals surface area (Å²) >= 11 is 0. The number of ether oxygens (including phenoxy) is 1. The van der Waals surface area contributed by atoms with E-state index in [9.17, 15) is 8.42 Å². The Balaban J connectivity index is 2.16. The first-order valence-corrected chi connectivity index (χ1v) is 8.14. The van der Waals surface area contributed by atoms with Crippen molar-refractivity contribution in [2.24, 2.45) is 0 Å². The van der Waals surface area contributed by atoms with E-state index in [1.807, 2.05) is 7.05 Å². The smallest absolute Gasteiger partial charge is 0.260 e. The van der Waals surface area contributed by atoms with E-state index in [2.05, 4.69) is 10.3 Å². The molecule has 1 aliphatic heterocycles. The number of sulfonamides is 1. The SMILES string of the molecule is CNCc1ccc(S(=O)(=O)N2CCCC(OC)C2)nc1. The fourth-order valence-corrected chi connectivity index (χ4v) is 3.74. The third-order valence-corrected chi connectivity index (χ3v) is 5.24. The minimum Gasteiger partial charge on any atom is -0.380 e. The van der Waals surface area contributed by atoms with Crippen LogP contribution in [0.2, 0.25) is 0 Å². The summed E-state index contributed by atoms with van der Waals surface area (Å²) in [7, 11) is -0.0617. The number of hydrogen-bond donors (Lipinski definition) is 1. The van der Waals surface area contributed by atoms with Crippen LogP contribution in [0.25, 0.3) is 0 Å². The van der Waals surface area contributed by atoms with Crippen LogP contribution in [0.1, 0.15) is 18.4 Å². The first-order chi connectivity index (χ1) is 9.57. The van der Waals surface area contributed by atoms with Crippen molar-refractivity contribution < 1.29 is 13.2 Å². The van der Waals surface area contributed by atoms with Crippen LogP contribution >= 0.6 is 0 Å². The number of rotatable bonds is 5. The second-order valence-electron chi connectivity index (χ2n) is 4.90. The third-order valence-electron chi connectivity index (χ3n) is 3.46. The van der Waals surface area contributed by atoms with Crippen molar-refractivity contribution in [3.05, 3.63) is 23.9 Å². The molecule has 7 heteroatoms. The predicted molar refractivity (Wildman–Crippen MR) is 75.8 cm³/mol. The molecule has 1 N–H and O–H groups in total. The fraction of sp³-hybridized carbons (Fsp3) is 0.615. The highest BCUT2D eigenvalue weighted by Crippen LogP contribution is 2.20. The van der Waals surface area contributed by atoms with Gasteiger partial charge in [0.1, 0.15) is 0 Å². The summed E-state index contributed by atoms with van der Waals surface area (Å²) in [5.74, 6) is 0. The second kappa shape index (κ2) is 6.62. The molecule has 0 aliphatic carbocycles. The van der Waals surface area contributed by atoms with Crippen molar-refractivity contribution in [2.75, 3.05) is 27.2 Å². The maximum absolute atomic E-state index is 12.5. The summed E-state index contributed by atoms with van der Waals surface area (Å²) in [4.78, 5) is 4.08. The molecule has 1 fully saturated rings. The van der Waals surface area contributed by atoms with Crippen LogP contribution in [0.3, 0.4) is 0 Å². The topological polar surface area (TPSA) is 71.5 Å². The summed E-state index contributed by atoms with van der Waals surface area (Å²) in [6.45, 7) is 1.60. The zero-order valence-electron chi connectivity index (χ0n) is 11.9. The fourth-order valence-electron chi connectivity index (χ4n) is 2.32. The van der Waals surface area contributed by atoms with Gasteiger partial charge in [0.2, 0.25) is 0 Å². The van der Waals surface area contributed by atoms with Crippen LogP contribution in [-0.4, -0.2) is 51.1 Å². The van der Waals surface area contributed by atoms with E-state index in [4.69, 9.17) is 4.74 Å². The highest BCUT2D eigenvalue weighted by atomic mass is 32.2. The number of nitrogens with one attached hydrogen (secondary N) is 1. The standard InChI is InChI=1S/C13H21N3O3S/c1-14-8-11-5-6-13(15-9-11)20(17,18)16-7-3-4-12(10-16)19-2/h5-6,9,12,14H,3-4,7-8,10H2,1-2H3. The van der Waals surface area contributed by atoms with E-state index in [0.29, 0.717) is 19.6 Å². The monoisotopic (exact) mass is 299 g/mol. The van der Waals surface area contributed by atoms with Crippen LogP contribution in [0, 0.1) is 0 Å². The molecule has 2 rings (SSSR count). The predicted octanol–water partition coefficient (Wildman–Crippen LogP) is 0.600. The molecule has 1 atom stereocenters. The molecule has 1 aromatic rings. The van der Waals surface area contributed by atoms with E-state index >= 15 is 0 Å². The Morgan fingerprint density at radius 1 is 1.50 bits per heavy atom. The van der Waals surface area contributed by atoms with Crippen molar-refractivity contribution in [1.82, 2.24) is 14.6 Å². The molecule has 1 aliphatic rings. The Hall–Kier alpha value is -1.02. The average molecular weight is 299 g/mol. The van der Waals surface area contributed by atoms with Crippen molar-refractivity contribution >= 4 is 10.0 Å². The molecule has 2 heterocycles. The molecule has 112 valence electrons. The minimum absolute atomic E-state index is 0.0258. The number of nitrogens with zero attached hydrogens (tertiary/aromatic N) is 2. The van der Waals surface area contributed by atoms with Gasteiger partial charge in [0.15, 0.2) is 5.03 Å². The third kappa shape index (κ3) is 3.35. The summed E-state index contributed by atoms with van der Waals surface area (Å²) in [6, 6.07) is 3.35. The van der Waals surface area contributed by atoms with Gasteiger partial charge in [-0.1, -0.05) is 6.07 Å². The van der Waals surface area contributed by atoms with Gasteiger partial charge in [0.25, 0.3) is 10.0 Å². The van der Waals surface area contributed by atoms with E-state index in [1.165, 1.54) is 4.31 Å². The lowest BCUT2D eigenvalue weighted by atomic mass is 10.1. The number of piperidine rings is 1. The second-order valence-corrected chi connectivity index (χ2v) is 6.78. The zero-order chi connectivity index (χ0) is 14.6. The molecule has 1 aromatic heterocycles. The minimum atomic E-state index is -3.51. The highest BCUT2D eigenvalue weighted by molar-refractivity contribution is 7.89. The Bertz CT molecular complexity index is 530. The molecule has 20 heavy (non-hydrogen) atoms. The molecule has 1 saturated heterocycles. The van der Waals surface area contributed by atoms with Crippen LogP contribution in [0.4, 0.5) is 0 Å². The normalized spacial score (nSPS) is 21.0. The van der Waals surface area contributed by atoms with E-state index in [1.54, 1.807) is 25.4 Å². The Morgan fingerprint density at radius 2 is 2.30 bits per heavy atom. The largest absolute Gasteiger partial charge is 0.380 e. The van der Waals surface area contributed by atoms with Crippen LogP contribution in [0.5, 0.6) is 0 Å². The lowest BCUT2D eigenvalue weighted by molar-refractivity contribution is 0.0571. The number of methoxy groups -OCH3 is 1. The van der Waals surface area contributed by atoms with Gasteiger partial charge in [0.05, 0.1) is 6.10 Å². The van der Waals surface area contributed by atoms with Gasteiger partial charge in [-0.15, -0.1) is 0 Å². The van der Waals surface area contributed by atoms with Crippen molar-refractivity contribution in [3.63, 3.8) is 0 Å². The molecule has 0 amide bonds. The lowest BCUT2D eigenvalue weighted by Crippen LogP contribution is -2.43. The first kappa shape index (κ1) is 15.4. The first-order valence-electron chi connectivity index (χ1n) is 6.70. The van der Waals surface area contributed by atoms with Crippen molar-refractivity contribution in [2.45, 2.75) is 30.5 Å². The number of aromatic nitrogens is 1. The van der Waals surface area contributed by atoms with Gasteiger partial charge < -0.3 is 10.1 Å². The number of pyridine rings is 1. The molecule has 0 bridgehead atoms. The molecule has 0 saturated carbocycles. The summed E-state index contributed by atoms with van der Waals surface area (Å²) in [5.41, 5.74) is 0.958. The molecular formula is C13H21N3O3S. The Morgan fingerprint density at radius 3 is 2.90 bits per heavy atom. The molecular weight excluding hydrogens is 278 g/mol. The van der Waals surface area contributed by atoms with Gasteiger partial charge >= 0.3 is 0 Å². The summed E-state index contributed by atoms with van der Waals surface area (Å²) in [6.07, 6.45) is 3.29. The van der Waals surface area contributed by atoms with Gasteiger partial charge in [-0.05, 0) is 31.5 Å². The average Bonchev–Trinajstić information content (AvgIpc) is 2.48. The maximum atomic E-state index is 12.5. The van der Waals surface area contributed by atoms with Crippen molar-refractivity contribution in [3.8, 4) is 0 Å². The Labute approximate surface area is 120 Å².